The first-order chi connectivity index (χ1) is 15.7. The van der Waals surface area contributed by atoms with Crippen LogP contribution in [0.4, 0.5) is 13.2 Å². The third-order valence-corrected chi connectivity index (χ3v) is 5.77. The molecule has 5 rings (SSSR count). The van der Waals surface area contributed by atoms with Gasteiger partial charge in [-0.15, -0.1) is 0 Å². The van der Waals surface area contributed by atoms with Gasteiger partial charge in [-0.2, -0.15) is 18.2 Å². The van der Waals surface area contributed by atoms with Gasteiger partial charge >= 0.3 is 12.1 Å². The van der Waals surface area contributed by atoms with Crippen molar-refractivity contribution < 1.29 is 32.3 Å². The van der Waals surface area contributed by atoms with Crippen LogP contribution in [0.2, 0.25) is 0 Å². The highest BCUT2D eigenvalue weighted by Gasteiger charge is 2.42. The van der Waals surface area contributed by atoms with E-state index in [0.717, 1.165) is 49.6 Å². The summed E-state index contributed by atoms with van der Waals surface area (Å²) in [5.41, 5.74) is 2.14. The van der Waals surface area contributed by atoms with E-state index in [2.05, 4.69) is 39.3 Å². The number of aryl methyl sites for hydroxylation is 1. The number of hydrogen-bond acceptors (Lipinski definition) is 7. The Hall–Kier alpha value is -3.05. The van der Waals surface area contributed by atoms with Crippen LogP contribution < -0.4 is 0 Å². The fourth-order valence-corrected chi connectivity index (χ4v) is 4.30. The largest absolute Gasteiger partial charge is 0.490 e. The Balaban J connectivity index is 0.000000325. The lowest BCUT2D eigenvalue weighted by molar-refractivity contribution is -0.192. The summed E-state index contributed by atoms with van der Waals surface area (Å²) in [6.07, 6.45) is -2.82. The molecule has 2 saturated heterocycles. The van der Waals surface area contributed by atoms with Crippen molar-refractivity contribution in [1.29, 1.82) is 0 Å². The van der Waals surface area contributed by atoms with Gasteiger partial charge in [0.05, 0.1) is 23.2 Å². The van der Waals surface area contributed by atoms with Crippen molar-refractivity contribution >= 4 is 16.9 Å². The van der Waals surface area contributed by atoms with Crippen molar-refractivity contribution in [3.05, 3.63) is 53.8 Å². The Morgan fingerprint density at radius 1 is 1.21 bits per heavy atom. The summed E-state index contributed by atoms with van der Waals surface area (Å²) < 4.78 is 43.2. The summed E-state index contributed by atoms with van der Waals surface area (Å²) in [6, 6.07) is 13.0. The van der Waals surface area contributed by atoms with E-state index < -0.39 is 12.1 Å². The van der Waals surface area contributed by atoms with Gasteiger partial charge in [-0.25, -0.2) is 4.79 Å². The molecule has 2 aromatic heterocycles. The minimum absolute atomic E-state index is 0.219. The molecular weight excluding hydrogens is 441 g/mol. The molecule has 2 aliphatic heterocycles. The summed E-state index contributed by atoms with van der Waals surface area (Å²) in [6.45, 7) is 4.41. The number of aliphatic carboxylic acids is 1. The number of carbonyl (C=O) groups is 1. The number of aromatic nitrogens is 3. The highest BCUT2D eigenvalue weighted by atomic mass is 19.4. The minimum atomic E-state index is -5.08. The molecule has 33 heavy (non-hydrogen) atoms. The molecular formula is C22H23F3N4O4. The van der Waals surface area contributed by atoms with E-state index in [1.165, 1.54) is 5.39 Å². The van der Waals surface area contributed by atoms with Crippen molar-refractivity contribution in [3.8, 4) is 0 Å². The maximum Gasteiger partial charge on any atom is 0.490 e. The lowest BCUT2D eigenvalue weighted by Crippen LogP contribution is -2.48. The zero-order chi connectivity index (χ0) is 23.6. The molecule has 0 bridgehead atoms. The van der Waals surface area contributed by atoms with Gasteiger partial charge in [0.15, 0.2) is 5.82 Å². The quantitative estimate of drug-likeness (QED) is 0.626. The number of rotatable bonds is 3. The number of ether oxygens (including phenoxy) is 1. The van der Waals surface area contributed by atoms with E-state index in [4.69, 9.17) is 24.1 Å². The van der Waals surface area contributed by atoms with Crippen LogP contribution in [0.3, 0.4) is 0 Å². The molecule has 0 aliphatic carbocycles. The number of para-hydroxylation sites is 1. The number of fused-ring (bicyclic) bond motifs is 2. The third-order valence-electron chi connectivity index (χ3n) is 5.77. The number of halogens is 3. The maximum atomic E-state index is 10.6. The maximum absolute atomic E-state index is 10.6. The lowest BCUT2D eigenvalue weighted by Gasteiger charge is -2.39. The second kappa shape index (κ2) is 9.44. The van der Waals surface area contributed by atoms with E-state index in [-0.39, 0.29) is 12.0 Å². The molecule has 3 atom stereocenters. The van der Waals surface area contributed by atoms with Crippen LogP contribution in [-0.2, 0) is 16.1 Å². The van der Waals surface area contributed by atoms with Crippen molar-refractivity contribution in [2.45, 2.75) is 50.6 Å². The number of alkyl halides is 3. The van der Waals surface area contributed by atoms with Crippen LogP contribution in [0.15, 0.2) is 40.9 Å². The van der Waals surface area contributed by atoms with E-state index in [9.17, 15) is 13.2 Å². The first kappa shape index (κ1) is 23.1. The Morgan fingerprint density at radius 3 is 2.67 bits per heavy atom. The summed E-state index contributed by atoms with van der Waals surface area (Å²) in [5.74, 6) is -1.12. The van der Waals surface area contributed by atoms with E-state index in [1.54, 1.807) is 0 Å². The number of carboxylic acid groups (broad SMARTS) is 1. The average Bonchev–Trinajstić information content (AvgIpc) is 3.42. The molecule has 8 nitrogen and oxygen atoms in total. The van der Waals surface area contributed by atoms with Gasteiger partial charge in [-0.1, -0.05) is 29.4 Å². The molecule has 0 amide bonds. The Bertz CT molecular complexity index is 1120. The fourth-order valence-electron chi connectivity index (χ4n) is 4.30. The van der Waals surface area contributed by atoms with Gasteiger partial charge in [0.25, 0.3) is 0 Å². The van der Waals surface area contributed by atoms with Gasteiger partial charge in [-0.3, -0.25) is 9.88 Å². The number of piperidine rings is 1. The number of carboxylic acids is 1. The van der Waals surface area contributed by atoms with E-state index in [1.807, 2.05) is 19.1 Å². The van der Waals surface area contributed by atoms with Crippen molar-refractivity contribution in [2.24, 2.45) is 0 Å². The fraction of sp³-hybridized carbons (Fsp3) is 0.455. The van der Waals surface area contributed by atoms with Crippen molar-refractivity contribution in [3.63, 3.8) is 0 Å². The molecule has 11 heteroatoms. The van der Waals surface area contributed by atoms with E-state index in [0.29, 0.717) is 11.9 Å². The predicted molar refractivity (Wildman–Crippen MR) is 110 cm³/mol. The zero-order valence-corrected chi connectivity index (χ0v) is 17.8. The number of nitrogens with zero attached hydrogens (tertiary/aromatic N) is 4. The summed E-state index contributed by atoms with van der Waals surface area (Å²) in [5, 5.41) is 12.3. The van der Waals surface area contributed by atoms with Crippen LogP contribution in [0, 0.1) is 6.92 Å². The van der Waals surface area contributed by atoms with E-state index >= 15 is 0 Å². The van der Waals surface area contributed by atoms with Gasteiger partial charge in [0, 0.05) is 31.1 Å². The third kappa shape index (κ3) is 5.48. The Kier molecular flexibility index (Phi) is 6.61. The van der Waals surface area contributed by atoms with Crippen LogP contribution in [0.25, 0.3) is 10.9 Å². The molecule has 0 unspecified atom stereocenters. The molecule has 1 N–H and O–H groups in total. The zero-order valence-electron chi connectivity index (χ0n) is 17.8. The molecule has 3 aromatic rings. The standard InChI is InChI=1S/C20H22N4O2.C2HF3O2/c1-13-21-20(26-23-13)15-10-19-18(8-9-25-19)24(11-15)12-16-7-6-14-4-2-3-5-17(14)22-16;3-2(4,5)1(6)7/h2-7,15,18-19H,8-12H2,1H3;(H,6,7)/t15-,18-,19-;/m1./s1. The highest BCUT2D eigenvalue weighted by Crippen LogP contribution is 2.36. The monoisotopic (exact) mass is 464 g/mol. The molecule has 2 aliphatic rings. The Labute approximate surface area is 187 Å². The summed E-state index contributed by atoms with van der Waals surface area (Å²) in [4.78, 5) is 20.7. The average molecular weight is 464 g/mol. The second-order valence-corrected chi connectivity index (χ2v) is 8.11. The molecule has 0 spiro atoms. The van der Waals surface area contributed by atoms with Crippen LogP contribution in [0.5, 0.6) is 0 Å². The lowest BCUT2D eigenvalue weighted by atomic mass is 9.89. The van der Waals surface area contributed by atoms with Gasteiger partial charge < -0.3 is 14.4 Å². The molecule has 2 fully saturated rings. The molecule has 0 radical (unpaired) electrons. The number of pyridine rings is 1. The smallest absolute Gasteiger partial charge is 0.475 e. The van der Waals surface area contributed by atoms with Gasteiger partial charge in [-0.05, 0) is 31.9 Å². The first-order valence-corrected chi connectivity index (χ1v) is 10.5. The molecule has 0 saturated carbocycles. The molecule has 1 aromatic carbocycles. The topological polar surface area (TPSA) is 102 Å². The number of benzene rings is 1. The van der Waals surface area contributed by atoms with Gasteiger partial charge in [0.2, 0.25) is 5.89 Å². The molecule has 176 valence electrons. The number of hydrogen-bond donors (Lipinski definition) is 1. The number of likely N-dealkylation sites (tertiary alicyclic amines) is 1. The second-order valence-electron chi connectivity index (χ2n) is 8.11. The first-order valence-electron chi connectivity index (χ1n) is 10.5. The summed E-state index contributed by atoms with van der Waals surface area (Å²) in [7, 11) is 0. The van der Waals surface area contributed by atoms with Gasteiger partial charge in [0.1, 0.15) is 0 Å². The normalized spacial score (nSPS) is 23.1. The Morgan fingerprint density at radius 2 is 1.97 bits per heavy atom. The minimum Gasteiger partial charge on any atom is -0.475 e. The SMILES string of the molecule is Cc1noc([C@@H]2C[C@H]3OCC[C@H]3N(Cc3ccc4ccccc4n3)C2)n1.O=C(O)C(F)(F)F. The predicted octanol–water partition coefficient (Wildman–Crippen LogP) is 3.71. The van der Waals surface area contributed by atoms with Crippen LogP contribution in [0.1, 0.15) is 36.2 Å². The summed E-state index contributed by atoms with van der Waals surface area (Å²) >= 11 is 0. The van der Waals surface area contributed by atoms with Crippen molar-refractivity contribution in [1.82, 2.24) is 20.0 Å². The molecule has 4 heterocycles. The van der Waals surface area contributed by atoms with Crippen LogP contribution >= 0.6 is 0 Å². The highest BCUT2D eigenvalue weighted by molar-refractivity contribution is 5.78. The van der Waals surface area contributed by atoms with Crippen molar-refractivity contribution in [2.75, 3.05) is 13.2 Å². The van der Waals surface area contributed by atoms with Crippen LogP contribution in [-0.4, -0.2) is 62.6 Å².